The summed E-state index contributed by atoms with van der Waals surface area (Å²) in [4.78, 5) is 18.4. The Bertz CT molecular complexity index is 388. The second-order valence-corrected chi connectivity index (χ2v) is 5.04. The van der Waals surface area contributed by atoms with E-state index in [1.54, 1.807) is 12.4 Å². The lowest BCUT2D eigenvalue weighted by molar-refractivity contribution is -0.133. The lowest BCUT2D eigenvalue weighted by atomic mass is 10.0. The summed E-state index contributed by atoms with van der Waals surface area (Å²) in [6.07, 6.45) is 7.25. The van der Waals surface area contributed by atoms with Gasteiger partial charge in [-0.15, -0.1) is 0 Å². The molecule has 0 spiro atoms. The van der Waals surface area contributed by atoms with Crippen molar-refractivity contribution in [2.24, 2.45) is 0 Å². The third-order valence-electron chi connectivity index (χ3n) is 3.75. The van der Waals surface area contributed by atoms with Crippen molar-refractivity contribution in [3.05, 3.63) is 30.1 Å². The summed E-state index contributed by atoms with van der Waals surface area (Å²) in [5, 5.41) is 3.38. The first-order valence-electron chi connectivity index (χ1n) is 7.20. The average Bonchev–Trinajstić information content (AvgIpc) is 2.48. The number of amides is 1. The van der Waals surface area contributed by atoms with Gasteiger partial charge in [0.1, 0.15) is 0 Å². The molecule has 0 saturated carbocycles. The predicted octanol–water partition coefficient (Wildman–Crippen LogP) is 1.61. The molecular weight excluding hydrogens is 238 g/mol. The molecule has 0 aromatic carbocycles. The van der Waals surface area contributed by atoms with Crippen LogP contribution in [0.1, 0.15) is 31.7 Å². The number of likely N-dealkylation sites (N-methyl/N-ethyl adjacent to an activating group) is 1. The molecule has 1 aromatic rings. The SMILES string of the molecule is CCN(C(=O)CCc1ccncc1)C1CCCNC1. The van der Waals surface area contributed by atoms with Crippen molar-refractivity contribution < 1.29 is 4.79 Å². The van der Waals surface area contributed by atoms with Gasteiger partial charge in [0.25, 0.3) is 0 Å². The van der Waals surface area contributed by atoms with Crippen molar-refractivity contribution in [2.75, 3.05) is 19.6 Å². The van der Waals surface area contributed by atoms with Gasteiger partial charge in [-0.05, 0) is 50.4 Å². The molecule has 4 nitrogen and oxygen atoms in total. The molecule has 0 bridgehead atoms. The van der Waals surface area contributed by atoms with Crippen LogP contribution < -0.4 is 5.32 Å². The molecular formula is C15H23N3O. The first-order valence-corrected chi connectivity index (χ1v) is 7.20. The molecule has 2 rings (SSSR count). The smallest absolute Gasteiger partial charge is 0.223 e. The normalized spacial score (nSPS) is 19.1. The highest BCUT2D eigenvalue weighted by molar-refractivity contribution is 5.76. The van der Waals surface area contributed by atoms with Gasteiger partial charge in [-0.3, -0.25) is 9.78 Å². The van der Waals surface area contributed by atoms with Gasteiger partial charge in [0.15, 0.2) is 0 Å². The molecule has 1 amide bonds. The average molecular weight is 261 g/mol. The monoisotopic (exact) mass is 261 g/mol. The van der Waals surface area contributed by atoms with E-state index in [2.05, 4.69) is 17.2 Å². The van der Waals surface area contributed by atoms with Gasteiger partial charge in [0.05, 0.1) is 0 Å². The number of rotatable bonds is 5. The summed E-state index contributed by atoms with van der Waals surface area (Å²) in [5.41, 5.74) is 1.18. The Morgan fingerprint density at radius 3 is 2.89 bits per heavy atom. The van der Waals surface area contributed by atoms with E-state index in [0.29, 0.717) is 12.5 Å². The van der Waals surface area contributed by atoms with Crippen LogP contribution in [-0.2, 0) is 11.2 Å². The first kappa shape index (κ1) is 14.0. The first-order chi connectivity index (χ1) is 9.31. The van der Waals surface area contributed by atoms with E-state index >= 15 is 0 Å². The highest BCUT2D eigenvalue weighted by atomic mass is 16.2. The van der Waals surface area contributed by atoms with E-state index < -0.39 is 0 Å². The summed E-state index contributed by atoms with van der Waals surface area (Å²) in [6.45, 7) is 4.90. The van der Waals surface area contributed by atoms with E-state index in [4.69, 9.17) is 0 Å². The molecule has 4 heteroatoms. The summed E-state index contributed by atoms with van der Waals surface area (Å²) in [6, 6.07) is 4.33. The largest absolute Gasteiger partial charge is 0.339 e. The van der Waals surface area contributed by atoms with Crippen molar-refractivity contribution in [3.8, 4) is 0 Å². The van der Waals surface area contributed by atoms with Crippen LogP contribution in [0.3, 0.4) is 0 Å². The number of nitrogens with zero attached hydrogens (tertiary/aromatic N) is 2. The molecule has 1 aliphatic heterocycles. The van der Waals surface area contributed by atoms with Crippen molar-refractivity contribution in [2.45, 2.75) is 38.6 Å². The molecule has 1 aromatic heterocycles. The maximum Gasteiger partial charge on any atom is 0.223 e. The molecule has 1 atom stereocenters. The predicted molar refractivity (Wildman–Crippen MR) is 75.8 cm³/mol. The second-order valence-electron chi connectivity index (χ2n) is 5.04. The van der Waals surface area contributed by atoms with Gasteiger partial charge < -0.3 is 10.2 Å². The van der Waals surface area contributed by atoms with Gasteiger partial charge in [-0.2, -0.15) is 0 Å². The lowest BCUT2D eigenvalue weighted by Gasteiger charge is -2.34. The minimum Gasteiger partial charge on any atom is -0.339 e. The Balaban J connectivity index is 1.86. The van der Waals surface area contributed by atoms with E-state index in [9.17, 15) is 4.79 Å². The van der Waals surface area contributed by atoms with Gasteiger partial charge in [0.2, 0.25) is 5.91 Å². The van der Waals surface area contributed by atoms with Crippen LogP contribution in [0.4, 0.5) is 0 Å². The van der Waals surface area contributed by atoms with E-state index in [1.807, 2.05) is 17.0 Å². The summed E-state index contributed by atoms with van der Waals surface area (Å²) in [7, 11) is 0. The maximum atomic E-state index is 12.3. The van der Waals surface area contributed by atoms with Gasteiger partial charge >= 0.3 is 0 Å². The second kappa shape index (κ2) is 7.24. The van der Waals surface area contributed by atoms with Crippen molar-refractivity contribution in [1.29, 1.82) is 0 Å². The number of nitrogens with one attached hydrogen (secondary N) is 1. The number of pyridine rings is 1. The number of carbonyl (C=O) groups is 1. The molecule has 1 unspecified atom stereocenters. The van der Waals surface area contributed by atoms with E-state index in [1.165, 1.54) is 12.0 Å². The molecule has 104 valence electrons. The molecule has 0 aliphatic carbocycles. The third kappa shape index (κ3) is 4.03. The molecule has 1 saturated heterocycles. The van der Waals surface area contributed by atoms with Crippen LogP contribution in [0.5, 0.6) is 0 Å². The van der Waals surface area contributed by atoms with E-state index in [-0.39, 0.29) is 5.91 Å². The number of hydrogen-bond acceptors (Lipinski definition) is 3. The molecule has 1 N–H and O–H groups in total. The third-order valence-corrected chi connectivity index (χ3v) is 3.75. The lowest BCUT2D eigenvalue weighted by Crippen LogP contribution is -2.48. The quantitative estimate of drug-likeness (QED) is 0.876. The minimum atomic E-state index is 0.271. The zero-order valence-electron chi connectivity index (χ0n) is 11.6. The topological polar surface area (TPSA) is 45.2 Å². The van der Waals surface area contributed by atoms with Gasteiger partial charge in [0, 0.05) is 37.9 Å². The molecule has 0 radical (unpaired) electrons. The number of aromatic nitrogens is 1. The highest BCUT2D eigenvalue weighted by Gasteiger charge is 2.23. The number of piperidine rings is 1. The van der Waals surface area contributed by atoms with Gasteiger partial charge in [-0.25, -0.2) is 0 Å². The summed E-state index contributed by atoms with van der Waals surface area (Å²) in [5.74, 6) is 0.271. The Labute approximate surface area is 115 Å². The Morgan fingerprint density at radius 1 is 1.47 bits per heavy atom. The van der Waals surface area contributed by atoms with Crippen LogP contribution in [0.2, 0.25) is 0 Å². The fraction of sp³-hybridized carbons (Fsp3) is 0.600. The van der Waals surface area contributed by atoms with Crippen LogP contribution in [-0.4, -0.2) is 41.5 Å². The zero-order valence-corrected chi connectivity index (χ0v) is 11.6. The number of aryl methyl sites for hydroxylation is 1. The van der Waals surface area contributed by atoms with Crippen LogP contribution in [0.25, 0.3) is 0 Å². The molecule has 1 aliphatic rings. The van der Waals surface area contributed by atoms with Crippen LogP contribution in [0.15, 0.2) is 24.5 Å². The van der Waals surface area contributed by atoms with E-state index in [0.717, 1.165) is 32.5 Å². The number of hydrogen-bond donors (Lipinski definition) is 1. The fourth-order valence-corrected chi connectivity index (χ4v) is 2.68. The Kier molecular flexibility index (Phi) is 5.33. The Hall–Kier alpha value is -1.42. The highest BCUT2D eigenvalue weighted by Crippen LogP contribution is 2.12. The van der Waals surface area contributed by atoms with Crippen molar-refractivity contribution in [3.63, 3.8) is 0 Å². The van der Waals surface area contributed by atoms with Crippen LogP contribution >= 0.6 is 0 Å². The molecule has 2 heterocycles. The molecule has 1 fully saturated rings. The van der Waals surface area contributed by atoms with Crippen LogP contribution in [0, 0.1) is 0 Å². The summed E-state index contributed by atoms with van der Waals surface area (Å²) >= 11 is 0. The van der Waals surface area contributed by atoms with Crippen molar-refractivity contribution in [1.82, 2.24) is 15.2 Å². The summed E-state index contributed by atoms with van der Waals surface area (Å²) < 4.78 is 0. The maximum absolute atomic E-state index is 12.3. The number of carbonyl (C=O) groups excluding carboxylic acids is 1. The molecule has 19 heavy (non-hydrogen) atoms. The van der Waals surface area contributed by atoms with Gasteiger partial charge in [-0.1, -0.05) is 0 Å². The Morgan fingerprint density at radius 2 is 2.26 bits per heavy atom. The minimum absolute atomic E-state index is 0.271. The standard InChI is InChI=1S/C15H23N3O/c1-2-18(14-4-3-9-17-12-14)15(19)6-5-13-7-10-16-11-8-13/h7-8,10-11,14,17H,2-6,9,12H2,1H3. The fourth-order valence-electron chi connectivity index (χ4n) is 2.68. The zero-order chi connectivity index (χ0) is 13.5. The van der Waals surface area contributed by atoms with Crippen molar-refractivity contribution >= 4 is 5.91 Å².